The first-order chi connectivity index (χ1) is 6.68. The van der Waals surface area contributed by atoms with Gasteiger partial charge in [0.25, 0.3) is 0 Å². The largest absolute Gasteiger partial charge is 0.381 e. The van der Waals surface area contributed by atoms with E-state index < -0.39 is 6.10 Å². The molecule has 0 saturated heterocycles. The molecule has 0 aromatic carbocycles. The van der Waals surface area contributed by atoms with E-state index in [1.807, 2.05) is 24.4 Å². The zero-order valence-electron chi connectivity index (χ0n) is 7.40. The fourth-order valence-corrected chi connectivity index (χ4v) is 3.24. The molecule has 0 fully saturated rings. The molecule has 0 aliphatic heterocycles. The Hall–Kier alpha value is -0.230. The van der Waals surface area contributed by atoms with Crippen LogP contribution >= 0.6 is 38.8 Å². The number of hydrogen-bond acceptors (Lipinski definition) is 4. The van der Waals surface area contributed by atoms with E-state index in [4.69, 9.17) is 0 Å². The summed E-state index contributed by atoms with van der Waals surface area (Å²) in [6.45, 7) is 2.01. The van der Waals surface area contributed by atoms with Crippen molar-refractivity contribution in [3.63, 3.8) is 0 Å². The van der Waals surface area contributed by atoms with Crippen LogP contribution in [0.3, 0.4) is 0 Å². The second kappa shape index (κ2) is 4.10. The van der Waals surface area contributed by atoms with Gasteiger partial charge in [-0.3, -0.25) is 0 Å². The molecule has 2 rings (SSSR count). The van der Waals surface area contributed by atoms with Gasteiger partial charge < -0.3 is 5.11 Å². The normalized spacial score (nSPS) is 13.1. The first-order valence-electron chi connectivity index (χ1n) is 4.02. The van der Waals surface area contributed by atoms with Gasteiger partial charge in [-0.25, -0.2) is 0 Å². The minimum absolute atomic E-state index is 0.587. The Morgan fingerprint density at radius 3 is 2.86 bits per heavy atom. The Labute approximate surface area is 98.5 Å². The van der Waals surface area contributed by atoms with Crippen LogP contribution in [-0.2, 0) is 0 Å². The Bertz CT molecular complexity index is 404. The zero-order valence-corrected chi connectivity index (χ0v) is 10.6. The quantitative estimate of drug-likeness (QED) is 0.920. The molecular formula is C9H8BrNOS2. The van der Waals surface area contributed by atoms with Crippen LogP contribution in [0.5, 0.6) is 0 Å². The van der Waals surface area contributed by atoms with Crippen molar-refractivity contribution in [1.82, 2.24) is 4.37 Å². The van der Waals surface area contributed by atoms with E-state index in [0.717, 1.165) is 19.9 Å². The molecule has 2 nitrogen and oxygen atoms in total. The molecule has 0 aliphatic carbocycles. The van der Waals surface area contributed by atoms with E-state index in [1.54, 1.807) is 11.3 Å². The van der Waals surface area contributed by atoms with Gasteiger partial charge in [0.05, 0.1) is 9.48 Å². The molecule has 2 heterocycles. The van der Waals surface area contributed by atoms with Crippen LogP contribution in [0.25, 0.3) is 0 Å². The van der Waals surface area contributed by atoms with Crippen LogP contribution in [0.15, 0.2) is 21.3 Å². The number of halogens is 1. The van der Waals surface area contributed by atoms with Crippen LogP contribution in [0.4, 0.5) is 0 Å². The summed E-state index contributed by atoms with van der Waals surface area (Å²) >= 11 is 6.35. The topological polar surface area (TPSA) is 33.1 Å². The van der Waals surface area contributed by atoms with Crippen LogP contribution in [0.1, 0.15) is 22.2 Å². The second-order valence-electron chi connectivity index (χ2n) is 2.93. The molecule has 0 saturated carbocycles. The lowest BCUT2D eigenvalue weighted by Crippen LogP contribution is -1.96. The Morgan fingerprint density at radius 2 is 2.36 bits per heavy atom. The average molecular weight is 290 g/mol. The first kappa shape index (κ1) is 10.3. The molecule has 0 aliphatic rings. The molecule has 0 spiro atoms. The molecule has 1 atom stereocenters. The first-order valence-corrected chi connectivity index (χ1v) is 6.47. The third-order valence-electron chi connectivity index (χ3n) is 1.88. The number of aliphatic hydroxyl groups excluding tert-OH is 1. The summed E-state index contributed by atoms with van der Waals surface area (Å²) in [6.07, 6.45) is -0.587. The van der Waals surface area contributed by atoms with E-state index in [2.05, 4.69) is 20.3 Å². The van der Waals surface area contributed by atoms with Crippen molar-refractivity contribution in [3.8, 4) is 0 Å². The number of aromatic nitrogens is 1. The molecule has 1 unspecified atom stereocenters. The summed E-state index contributed by atoms with van der Waals surface area (Å²) in [4.78, 5) is 0.931. The fraction of sp³-hybridized carbons (Fsp3) is 0.222. The highest BCUT2D eigenvalue weighted by atomic mass is 79.9. The van der Waals surface area contributed by atoms with Crippen molar-refractivity contribution < 1.29 is 5.11 Å². The lowest BCUT2D eigenvalue weighted by molar-refractivity contribution is 0.220. The molecule has 1 N–H and O–H groups in total. The summed E-state index contributed by atoms with van der Waals surface area (Å²) in [5.41, 5.74) is 1.88. The summed E-state index contributed by atoms with van der Waals surface area (Å²) in [6, 6.07) is 3.83. The fourth-order valence-electron chi connectivity index (χ4n) is 1.13. The van der Waals surface area contributed by atoms with Gasteiger partial charge in [0, 0.05) is 10.3 Å². The number of nitrogens with zero attached hydrogens (tertiary/aromatic N) is 1. The van der Waals surface area contributed by atoms with E-state index in [-0.39, 0.29) is 0 Å². The van der Waals surface area contributed by atoms with Gasteiger partial charge in [-0.05, 0) is 52.1 Å². The molecule has 0 amide bonds. The van der Waals surface area contributed by atoms with Gasteiger partial charge in [0.1, 0.15) is 6.10 Å². The summed E-state index contributed by atoms with van der Waals surface area (Å²) in [7, 11) is 0. The monoisotopic (exact) mass is 289 g/mol. The molecule has 2 aromatic rings. The molecule has 0 radical (unpaired) electrons. The maximum Gasteiger partial charge on any atom is 0.131 e. The molecule has 14 heavy (non-hydrogen) atoms. The Balaban J connectivity index is 2.32. The van der Waals surface area contributed by atoms with E-state index in [9.17, 15) is 5.11 Å². The smallest absolute Gasteiger partial charge is 0.131 e. The minimum Gasteiger partial charge on any atom is -0.381 e. The number of aliphatic hydroxyl groups is 1. The third-order valence-corrected chi connectivity index (χ3v) is 4.65. The highest BCUT2D eigenvalue weighted by Gasteiger charge is 2.15. The number of rotatable bonds is 2. The predicted molar refractivity (Wildman–Crippen MR) is 62.9 cm³/mol. The molecule has 5 heteroatoms. The van der Waals surface area contributed by atoms with Gasteiger partial charge in [0.15, 0.2) is 0 Å². The van der Waals surface area contributed by atoms with Crippen LogP contribution in [-0.4, -0.2) is 9.48 Å². The van der Waals surface area contributed by atoms with E-state index in [0.29, 0.717) is 0 Å². The van der Waals surface area contributed by atoms with E-state index >= 15 is 0 Å². The van der Waals surface area contributed by atoms with Crippen molar-refractivity contribution in [2.75, 3.05) is 0 Å². The highest BCUT2D eigenvalue weighted by Crippen LogP contribution is 2.33. The molecule has 74 valence electrons. The lowest BCUT2D eigenvalue weighted by atomic mass is 10.2. The minimum atomic E-state index is -0.587. The van der Waals surface area contributed by atoms with Gasteiger partial charge in [0.2, 0.25) is 0 Å². The van der Waals surface area contributed by atoms with E-state index in [1.165, 1.54) is 11.5 Å². The second-order valence-corrected chi connectivity index (χ2v) is 6.00. The average Bonchev–Trinajstić information content (AvgIpc) is 2.76. The molecule has 0 bridgehead atoms. The van der Waals surface area contributed by atoms with Crippen molar-refractivity contribution in [3.05, 3.63) is 37.4 Å². The van der Waals surface area contributed by atoms with Crippen LogP contribution < -0.4 is 0 Å². The Kier molecular flexibility index (Phi) is 3.02. The summed E-state index contributed by atoms with van der Waals surface area (Å²) < 4.78 is 5.19. The zero-order chi connectivity index (χ0) is 10.1. The van der Waals surface area contributed by atoms with Crippen LogP contribution in [0.2, 0.25) is 0 Å². The predicted octanol–water partition coefficient (Wildman–Crippen LogP) is 3.36. The van der Waals surface area contributed by atoms with Gasteiger partial charge in [-0.1, -0.05) is 0 Å². The van der Waals surface area contributed by atoms with Crippen molar-refractivity contribution in [2.45, 2.75) is 13.0 Å². The van der Waals surface area contributed by atoms with Gasteiger partial charge >= 0.3 is 0 Å². The van der Waals surface area contributed by atoms with Gasteiger partial charge in [-0.2, -0.15) is 4.37 Å². The molecular weight excluding hydrogens is 282 g/mol. The van der Waals surface area contributed by atoms with Crippen LogP contribution in [0, 0.1) is 6.92 Å². The number of aryl methyl sites for hydroxylation is 1. The lowest BCUT2D eigenvalue weighted by Gasteiger charge is -2.03. The standard InChI is InChI=1S/C9H8BrNOS2/c1-5-4-7(14-9(5)10)8(12)6-2-3-13-11-6/h2-4,8,12H,1H3. The van der Waals surface area contributed by atoms with Crippen molar-refractivity contribution in [1.29, 1.82) is 0 Å². The summed E-state index contributed by atoms with van der Waals surface area (Å²) in [5, 5.41) is 11.8. The Morgan fingerprint density at radius 1 is 1.57 bits per heavy atom. The molecule has 2 aromatic heterocycles. The summed E-state index contributed by atoms with van der Waals surface area (Å²) in [5.74, 6) is 0. The van der Waals surface area contributed by atoms with Crippen molar-refractivity contribution in [2.24, 2.45) is 0 Å². The third kappa shape index (κ3) is 1.91. The number of thiophene rings is 1. The maximum absolute atomic E-state index is 9.95. The number of hydrogen-bond donors (Lipinski definition) is 1. The van der Waals surface area contributed by atoms with Gasteiger partial charge in [-0.15, -0.1) is 11.3 Å². The maximum atomic E-state index is 9.95. The van der Waals surface area contributed by atoms with Crippen molar-refractivity contribution >= 4 is 38.8 Å². The SMILES string of the molecule is Cc1cc(C(O)c2ccsn2)sc1Br. The highest BCUT2D eigenvalue weighted by molar-refractivity contribution is 9.11.